The van der Waals surface area contributed by atoms with Crippen LogP contribution in [0.4, 0.5) is 0 Å². The zero-order valence-corrected chi connectivity index (χ0v) is 34.9. The average Bonchev–Trinajstić information content (AvgIpc) is 3.78. The number of rotatable bonds is 10. The van der Waals surface area contributed by atoms with E-state index in [9.17, 15) is 0 Å². The molecule has 1 atom stereocenters. The van der Waals surface area contributed by atoms with Crippen molar-refractivity contribution in [3.05, 3.63) is 127 Å². The van der Waals surface area contributed by atoms with Crippen LogP contribution in [0.15, 0.2) is 127 Å². The third-order valence-electron chi connectivity index (χ3n) is 10.5. The molecule has 0 bridgehead atoms. The zero-order chi connectivity index (χ0) is 35.6. The van der Waals surface area contributed by atoms with E-state index < -0.39 is 28.9 Å². The van der Waals surface area contributed by atoms with Gasteiger partial charge in [-0.1, -0.05) is 139 Å². The molecule has 1 unspecified atom stereocenters. The molecule has 2 nitrogen and oxygen atoms in total. The fourth-order valence-corrected chi connectivity index (χ4v) is 13.5. The molecule has 0 saturated heterocycles. The Balaban J connectivity index is 0.00000131. The molecule has 8 rings (SSSR count). The fourth-order valence-electron chi connectivity index (χ4n) is 8.51. The van der Waals surface area contributed by atoms with Crippen LogP contribution in [0.1, 0.15) is 46.5 Å². The molecular weight excluding hydrogens is 761 g/mol. The van der Waals surface area contributed by atoms with Crippen LogP contribution in [-0.2, 0) is 25.6 Å². The van der Waals surface area contributed by atoms with Gasteiger partial charge in [0.1, 0.15) is 0 Å². The number of fused-ring (bicyclic) bond motifs is 8. The van der Waals surface area contributed by atoms with Crippen molar-refractivity contribution in [2.45, 2.75) is 64.6 Å². The maximum absolute atomic E-state index is 6.07. The van der Waals surface area contributed by atoms with Crippen molar-refractivity contribution in [2.75, 3.05) is 6.61 Å². The van der Waals surface area contributed by atoms with Gasteiger partial charge in [0.2, 0.25) is 0 Å². The molecule has 0 N–H and O–H groups in total. The van der Waals surface area contributed by atoms with Gasteiger partial charge in [-0.25, -0.2) is 0 Å². The van der Waals surface area contributed by atoms with E-state index in [4.69, 9.17) is 21.8 Å². The van der Waals surface area contributed by atoms with Crippen molar-refractivity contribution >= 4 is 89.6 Å². The van der Waals surface area contributed by atoms with Gasteiger partial charge >= 0.3 is 37.9 Å². The molecule has 6 heteroatoms. The number of benzene rings is 5. The maximum atomic E-state index is 6.07. The third-order valence-corrected chi connectivity index (χ3v) is 15.1. The summed E-state index contributed by atoms with van der Waals surface area (Å²) < 4.78 is 8.60. The van der Waals surface area contributed by atoms with Crippen molar-refractivity contribution in [1.82, 2.24) is 4.57 Å². The van der Waals surface area contributed by atoms with Crippen LogP contribution in [0, 0.1) is 0 Å². The fraction of sp³-hybridized carbons (Fsp3) is 0.244. The summed E-state index contributed by atoms with van der Waals surface area (Å²) in [6, 6.07) is 48.9. The summed E-state index contributed by atoms with van der Waals surface area (Å²) in [4.78, 5) is 0. The monoisotopic (exact) mass is 803 g/mol. The molecule has 1 aromatic heterocycles. The van der Waals surface area contributed by atoms with E-state index in [1.165, 1.54) is 85.1 Å². The van der Waals surface area contributed by atoms with Gasteiger partial charge in [0.15, 0.2) is 0 Å². The predicted molar refractivity (Wildman–Crippen MR) is 222 cm³/mol. The Labute approximate surface area is 321 Å². The van der Waals surface area contributed by atoms with E-state index >= 15 is 0 Å². The van der Waals surface area contributed by atoms with Gasteiger partial charge in [-0.3, -0.25) is 0 Å². The average molecular weight is 806 g/mol. The van der Waals surface area contributed by atoms with Crippen LogP contribution in [0.5, 0.6) is 0 Å². The van der Waals surface area contributed by atoms with Crippen molar-refractivity contribution in [1.29, 1.82) is 0 Å². The molecule has 0 radical (unpaired) electrons. The summed E-state index contributed by atoms with van der Waals surface area (Å²) >= 11 is -0.826. The molecule has 0 aliphatic carbocycles. The Bertz CT molecular complexity index is 2360. The minimum absolute atomic E-state index is 0.0749. The van der Waals surface area contributed by atoms with E-state index in [0.717, 1.165) is 13.0 Å². The van der Waals surface area contributed by atoms with Gasteiger partial charge in [-0.2, -0.15) is 0 Å². The first-order chi connectivity index (χ1) is 24.8. The molecule has 0 spiro atoms. The summed E-state index contributed by atoms with van der Waals surface area (Å²) in [7, 11) is 7.47. The van der Waals surface area contributed by atoms with Gasteiger partial charge < -0.3 is 9.30 Å². The standard InChI is InChI=1S/C45H45NOSi.2ClH.Zr/c1-45(2,3)47-30-18-5-6-19-31-48(4,43-36-25-13-10-22-33(36)34-23-11-14-26-37(34)43)44-38-27-15-12-24-35(38)42-41(44)39-28-16-17-29-40(39)46(42)32-20-8-7-9-21-32;;;/h7-17,20-29H,5-6,18-19,30-31H2,1-4H3;2*1H;/q-2;;;+4/p-2. The normalized spacial score (nSPS) is 13.1. The second-order valence-corrected chi connectivity index (χ2v) is 22.7. The second kappa shape index (κ2) is 15.6. The molecule has 0 aliphatic heterocycles. The molecular formula is C45H45Cl2NOSiZr. The van der Waals surface area contributed by atoms with Crippen LogP contribution in [-0.4, -0.2) is 24.8 Å². The van der Waals surface area contributed by atoms with Gasteiger partial charge in [-0.15, -0.1) is 55.5 Å². The SMILES string of the molecule is CC(C)(C)OCCCCCC[Si](C)([c-]1c2ccccc2c2ccccc21)[c-]1c2ccccc2c2c1c1ccccc1n2-c1ccccc1.[Cl][Zr+2][Cl]. The number of unbranched alkanes of at least 4 members (excludes halogenated alkanes) is 3. The Morgan fingerprint density at radius 1 is 0.608 bits per heavy atom. The first-order valence-corrected chi connectivity index (χ1v) is 27.2. The van der Waals surface area contributed by atoms with E-state index in [-0.39, 0.29) is 5.60 Å². The second-order valence-electron chi connectivity index (χ2n) is 14.8. The first-order valence-electron chi connectivity index (χ1n) is 18.1. The van der Waals surface area contributed by atoms with Crippen molar-refractivity contribution < 1.29 is 25.6 Å². The van der Waals surface area contributed by atoms with E-state index in [1.807, 2.05) is 0 Å². The van der Waals surface area contributed by atoms with Crippen molar-refractivity contribution in [3.8, 4) is 5.69 Å². The third kappa shape index (κ3) is 6.96. The molecule has 0 fully saturated rings. The quantitative estimate of drug-likeness (QED) is 0.0763. The molecule has 0 amide bonds. The number of hydrogen-bond acceptors (Lipinski definition) is 1. The molecule has 0 saturated carbocycles. The van der Waals surface area contributed by atoms with Crippen molar-refractivity contribution in [2.24, 2.45) is 0 Å². The Morgan fingerprint density at radius 3 is 1.71 bits per heavy atom. The van der Waals surface area contributed by atoms with Crippen molar-refractivity contribution in [3.63, 3.8) is 0 Å². The number of hydrogen-bond donors (Lipinski definition) is 0. The Hall–Kier alpha value is -2.98. The number of halogens is 2. The Morgan fingerprint density at radius 2 is 1.10 bits per heavy atom. The molecule has 258 valence electrons. The van der Waals surface area contributed by atoms with Crippen LogP contribution in [0.2, 0.25) is 12.6 Å². The number of ether oxygens (including phenoxy) is 1. The number of nitrogens with zero attached hydrogens (tertiary/aromatic N) is 1. The van der Waals surface area contributed by atoms with Crippen LogP contribution in [0.3, 0.4) is 0 Å². The molecule has 0 aliphatic rings. The first kappa shape index (κ1) is 36.4. The summed E-state index contributed by atoms with van der Waals surface area (Å²) in [6.45, 7) is 9.98. The van der Waals surface area contributed by atoms with E-state index in [2.05, 4.69) is 159 Å². The van der Waals surface area contributed by atoms with Gasteiger partial charge in [0.05, 0.1) is 5.60 Å². The summed E-state index contributed by atoms with van der Waals surface area (Å²) in [5, 5.41) is 14.5. The van der Waals surface area contributed by atoms with Gasteiger partial charge in [-0.05, 0) is 50.9 Å². The van der Waals surface area contributed by atoms with E-state index in [1.54, 1.807) is 10.4 Å². The molecule has 1 heterocycles. The topological polar surface area (TPSA) is 14.2 Å². The van der Waals surface area contributed by atoms with Gasteiger partial charge in [0, 0.05) is 25.9 Å². The van der Waals surface area contributed by atoms with Crippen LogP contribution in [0.25, 0.3) is 59.8 Å². The molecule has 51 heavy (non-hydrogen) atoms. The van der Waals surface area contributed by atoms with Crippen LogP contribution < -0.4 is 10.4 Å². The summed E-state index contributed by atoms with van der Waals surface area (Å²) in [6.07, 6.45) is 4.75. The molecule has 8 aromatic rings. The van der Waals surface area contributed by atoms with Crippen LogP contribution >= 0.6 is 17.0 Å². The zero-order valence-electron chi connectivity index (χ0n) is 30.0. The summed E-state index contributed by atoms with van der Waals surface area (Å²) in [5.74, 6) is 0. The minimum atomic E-state index is -2.40. The molecule has 7 aromatic carbocycles. The van der Waals surface area contributed by atoms with E-state index in [0.29, 0.717) is 0 Å². The van der Waals surface area contributed by atoms with Gasteiger partial charge in [0.25, 0.3) is 0 Å². The summed E-state index contributed by atoms with van der Waals surface area (Å²) in [5.41, 5.74) is 3.78. The predicted octanol–water partition coefficient (Wildman–Crippen LogP) is 12.6. The number of aromatic nitrogens is 1. The Kier molecular flexibility index (Phi) is 11.1. The number of para-hydroxylation sites is 2.